The summed E-state index contributed by atoms with van der Waals surface area (Å²) < 4.78 is 5.20. The summed E-state index contributed by atoms with van der Waals surface area (Å²) in [4.78, 5) is 0. The highest BCUT2D eigenvalue weighted by molar-refractivity contribution is 5.43. The van der Waals surface area contributed by atoms with Gasteiger partial charge in [0.1, 0.15) is 5.75 Å². The van der Waals surface area contributed by atoms with Crippen molar-refractivity contribution in [2.24, 2.45) is 5.84 Å². The van der Waals surface area contributed by atoms with Crippen molar-refractivity contribution in [2.75, 3.05) is 7.11 Å². The molecular weight excluding hydrogens is 248 g/mol. The number of methoxy groups -OCH3 is 1. The first kappa shape index (κ1) is 14.6. The molecule has 2 rings (SSSR count). The Bertz CT molecular complexity index is 591. The van der Waals surface area contributed by atoms with Crippen molar-refractivity contribution in [3.8, 4) is 5.75 Å². The van der Waals surface area contributed by atoms with Crippen LogP contribution in [0.3, 0.4) is 0 Å². The van der Waals surface area contributed by atoms with Crippen molar-refractivity contribution >= 4 is 0 Å². The molecule has 0 heterocycles. The standard InChI is InChI=1S/C17H22N2O/c1-11-9-13(3)16(10-12(11)2)17(19-18)14-5-7-15(20-4)8-6-14/h5-10,17,19H,18H2,1-4H3. The molecule has 0 aliphatic rings. The summed E-state index contributed by atoms with van der Waals surface area (Å²) in [6, 6.07) is 12.4. The first-order valence-electron chi connectivity index (χ1n) is 6.74. The van der Waals surface area contributed by atoms with E-state index in [-0.39, 0.29) is 6.04 Å². The third-order valence-electron chi connectivity index (χ3n) is 3.81. The van der Waals surface area contributed by atoms with Gasteiger partial charge in [-0.15, -0.1) is 0 Å². The van der Waals surface area contributed by atoms with E-state index in [1.807, 2.05) is 24.3 Å². The van der Waals surface area contributed by atoms with Gasteiger partial charge in [0.2, 0.25) is 0 Å². The minimum atomic E-state index is -0.0137. The molecule has 0 fully saturated rings. The predicted molar refractivity (Wildman–Crippen MR) is 82.8 cm³/mol. The van der Waals surface area contributed by atoms with Crippen LogP contribution in [-0.4, -0.2) is 7.11 Å². The average molecular weight is 270 g/mol. The van der Waals surface area contributed by atoms with Gasteiger partial charge in [0.05, 0.1) is 13.2 Å². The molecule has 0 aliphatic carbocycles. The number of nitrogens with two attached hydrogens (primary N) is 1. The second-order valence-corrected chi connectivity index (χ2v) is 5.17. The number of hydrogen-bond acceptors (Lipinski definition) is 3. The van der Waals surface area contributed by atoms with Gasteiger partial charge in [-0.25, -0.2) is 5.43 Å². The molecule has 0 spiro atoms. The lowest BCUT2D eigenvalue weighted by Gasteiger charge is -2.21. The second-order valence-electron chi connectivity index (χ2n) is 5.17. The molecule has 20 heavy (non-hydrogen) atoms. The van der Waals surface area contributed by atoms with Crippen LogP contribution in [0.5, 0.6) is 5.75 Å². The van der Waals surface area contributed by atoms with E-state index in [4.69, 9.17) is 10.6 Å². The van der Waals surface area contributed by atoms with Gasteiger partial charge < -0.3 is 4.74 Å². The molecule has 0 saturated heterocycles. The Hall–Kier alpha value is -1.84. The number of nitrogens with one attached hydrogen (secondary N) is 1. The third-order valence-corrected chi connectivity index (χ3v) is 3.81. The Morgan fingerprint density at radius 1 is 0.950 bits per heavy atom. The molecule has 0 aliphatic heterocycles. The van der Waals surface area contributed by atoms with Gasteiger partial charge in [-0.3, -0.25) is 5.84 Å². The van der Waals surface area contributed by atoms with Crippen molar-refractivity contribution in [1.82, 2.24) is 5.43 Å². The van der Waals surface area contributed by atoms with Crippen LogP contribution in [0.4, 0.5) is 0 Å². The summed E-state index contributed by atoms with van der Waals surface area (Å²) in [7, 11) is 1.67. The van der Waals surface area contributed by atoms with Crippen molar-refractivity contribution in [1.29, 1.82) is 0 Å². The fourth-order valence-electron chi connectivity index (χ4n) is 2.46. The number of rotatable bonds is 4. The van der Waals surface area contributed by atoms with E-state index in [1.54, 1.807) is 7.11 Å². The molecule has 2 aromatic rings. The fourth-order valence-corrected chi connectivity index (χ4v) is 2.46. The quantitative estimate of drug-likeness (QED) is 0.662. The summed E-state index contributed by atoms with van der Waals surface area (Å²) in [5.74, 6) is 6.63. The molecule has 0 amide bonds. The van der Waals surface area contributed by atoms with Gasteiger partial charge in [0, 0.05) is 0 Å². The van der Waals surface area contributed by atoms with Gasteiger partial charge in [-0.05, 0) is 60.7 Å². The van der Waals surface area contributed by atoms with Gasteiger partial charge in [-0.1, -0.05) is 24.3 Å². The SMILES string of the molecule is COc1ccc(C(NN)c2cc(C)c(C)cc2C)cc1. The highest BCUT2D eigenvalue weighted by Gasteiger charge is 2.15. The lowest BCUT2D eigenvalue weighted by molar-refractivity contribution is 0.414. The van der Waals surface area contributed by atoms with E-state index in [0.717, 1.165) is 11.3 Å². The summed E-state index contributed by atoms with van der Waals surface area (Å²) in [5.41, 5.74) is 9.07. The van der Waals surface area contributed by atoms with Crippen LogP contribution in [0.1, 0.15) is 33.9 Å². The fraction of sp³-hybridized carbons (Fsp3) is 0.294. The lowest BCUT2D eigenvalue weighted by atomic mass is 9.92. The molecule has 0 bridgehead atoms. The van der Waals surface area contributed by atoms with Crippen molar-refractivity contribution < 1.29 is 4.74 Å². The smallest absolute Gasteiger partial charge is 0.118 e. The molecule has 1 atom stereocenters. The highest BCUT2D eigenvalue weighted by Crippen LogP contribution is 2.27. The lowest BCUT2D eigenvalue weighted by Crippen LogP contribution is -2.29. The van der Waals surface area contributed by atoms with Crippen molar-refractivity contribution in [2.45, 2.75) is 26.8 Å². The first-order valence-corrected chi connectivity index (χ1v) is 6.74. The third kappa shape index (κ3) is 2.84. The molecule has 1 unspecified atom stereocenters. The zero-order valence-corrected chi connectivity index (χ0v) is 12.5. The number of hydrogen-bond donors (Lipinski definition) is 2. The Kier molecular flexibility index (Phi) is 4.42. The van der Waals surface area contributed by atoms with Crippen LogP contribution < -0.4 is 16.0 Å². The van der Waals surface area contributed by atoms with Gasteiger partial charge >= 0.3 is 0 Å². The largest absolute Gasteiger partial charge is 0.497 e. The minimum absolute atomic E-state index is 0.0137. The van der Waals surface area contributed by atoms with E-state index < -0.39 is 0 Å². The molecular formula is C17H22N2O. The summed E-state index contributed by atoms with van der Waals surface area (Å²) in [6.07, 6.45) is 0. The van der Waals surface area contributed by atoms with E-state index in [9.17, 15) is 0 Å². The Morgan fingerprint density at radius 3 is 2.10 bits per heavy atom. The van der Waals surface area contributed by atoms with Gasteiger partial charge in [0.15, 0.2) is 0 Å². The van der Waals surface area contributed by atoms with Crippen LogP contribution in [0.15, 0.2) is 36.4 Å². The van der Waals surface area contributed by atoms with Crippen LogP contribution in [0.25, 0.3) is 0 Å². The van der Waals surface area contributed by atoms with Crippen molar-refractivity contribution in [3.63, 3.8) is 0 Å². The second kappa shape index (κ2) is 6.07. The summed E-state index contributed by atoms with van der Waals surface area (Å²) in [6.45, 7) is 6.37. The Balaban J connectivity index is 2.43. The zero-order chi connectivity index (χ0) is 14.7. The maximum atomic E-state index is 5.78. The van der Waals surface area contributed by atoms with Crippen LogP contribution in [-0.2, 0) is 0 Å². The monoisotopic (exact) mass is 270 g/mol. The summed E-state index contributed by atoms with van der Waals surface area (Å²) in [5, 5.41) is 0. The summed E-state index contributed by atoms with van der Waals surface area (Å²) >= 11 is 0. The van der Waals surface area contributed by atoms with Crippen LogP contribution in [0, 0.1) is 20.8 Å². The number of benzene rings is 2. The molecule has 3 nitrogen and oxygen atoms in total. The maximum Gasteiger partial charge on any atom is 0.118 e. The van der Waals surface area contributed by atoms with Crippen LogP contribution in [0.2, 0.25) is 0 Å². The average Bonchev–Trinajstić information content (AvgIpc) is 2.46. The molecule has 2 aromatic carbocycles. The topological polar surface area (TPSA) is 47.3 Å². The van der Waals surface area contributed by atoms with E-state index in [1.165, 1.54) is 22.3 Å². The molecule has 106 valence electrons. The number of aryl methyl sites for hydroxylation is 3. The number of ether oxygens (including phenoxy) is 1. The molecule has 3 N–H and O–H groups in total. The molecule has 0 radical (unpaired) electrons. The van der Waals surface area contributed by atoms with Gasteiger partial charge in [-0.2, -0.15) is 0 Å². The number of hydrazine groups is 1. The normalized spacial score (nSPS) is 12.2. The Labute approximate surface area is 120 Å². The van der Waals surface area contributed by atoms with E-state index in [2.05, 4.69) is 38.3 Å². The first-order chi connectivity index (χ1) is 9.56. The van der Waals surface area contributed by atoms with Crippen LogP contribution >= 0.6 is 0 Å². The van der Waals surface area contributed by atoms with E-state index in [0.29, 0.717) is 0 Å². The van der Waals surface area contributed by atoms with E-state index >= 15 is 0 Å². The maximum absolute atomic E-state index is 5.78. The minimum Gasteiger partial charge on any atom is -0.497 e. The zero-order valence-electron chi connectivity index (χ0n) is 12.5. The van der Waals surface area contributed by atoms with Crippen molar-refractivity contribution in [3.05, 3.63) is 64.2 Å². The molecule has 3 heteroatoms. The highest BCUT2D eigenvalue weighted by atomic mass is 16.5. The molecule has 0 saturated carbocycles. The predicted octanol–water partition coefficient (Wildman–Crippen LogP) is 3.17. The van der Waals surface area contributed by atoms with Gasteiger partial charge in [0.25, 0.3) is 0 Å². The molecule has 0 aromatic heterocycles. The Morgan fingerprint density at radius 2 is 1.55 bits per heavy atom.